The normalized spacial score (nSPS) is 23.9. The topological polar surface area (TPSA) is 49.6 Å². The monoisotopic (exact) mass is 241 g/mol. The minimum absolute atomic E-state index is 0.171. The van der Waals surface area contributed by atoms with E-state index in [-0.39, 0.29) is 5.91 Å². The summed E-state index contributed by atoms with van der Waals surface area (Å²) in [7, 11) is 2.10. The third kappa shape index (κ3) is 2.80. The van der Waals surface area contributed by atoms with Gasteiger partial charge in [-0.2, -0.15) is 0 Å². The Labute approximate surface area is 105 Å². The van der Waals surface area contributed by atoms with Crippen molar-refractivity contribution in [2.24, 2.45) is 11.1 Å². The fourth-order valence-corrected chi connectivity index (χ4v) is 1.90. The zero-order chi connectivity index (χ0) is 13.4. The molecule has 1 amide bonds. The highest BCUT2D eigenvalue weighted by molar-refractivity contribution is 5.83. The molecule has 0 aromatic rings. The molecule has 2 N–H and O–H groups in total. The van der Waals surface area contributed by atoms with E-state index in [2.05, 4.69) is 18.9 Å². The van der Waals surface area contributed by atoms with Gasteiger partial charge in [0.25, 0.3) is 0 Å². The van der Waals surface area contributed by atoms with E-state index in [1.165, 1.54) is 0 Å². The Hall–Kier alpha value is -0.610. The highest BCUT2D eigenvalue weighted by Gasteiger charge is 2.43. The van der Waals surface area contributed by atoms with Crippen molar-refractivity contribution in [1.82, 2.24) is 9.80 Å². The van der Waals surface area contributed by atoms with E-state index in [9.17, 15) is 4.79 Å². The molecule has 0 bridgehead atoms. The first-order valence-corrected chi connectivity index (χ1v) is 6.36. The van der Waals surface area contributed by atoms with Gasteiger partial charge in [-0.25, -0.2) is 0 Å². The lowest BCUT2D eigenvalue weighted by Gasteiger charge is -2.44. The third-order valence-corrected chi connectivity index (χ3v) is 4.39. The van der Waals surface area contributed by atoms with Crippen LogP contribution in [0.5, 0.6) is 0 Å². The standard InChI is InChI=1S/C13H27N3O/c1-10-9-16(8-7-15(10)6)11(17)12(2,3)13(4,5)14/h10H,7-9,14H2,1-6H3. The molecule has 1 rings (SSSR count). The van der Waals surface area contributed by atoms with Crippen LogP contribution in [0.3, 0.4) is 0 Å². The number of carbonyl (C=O) groups excluding carboxylic acids is 1. The van der Waals surface area contributed by atoms with Gasteiger partial charge < -0.3 is 15.5 Å². The van der Waals surface area contributed by atoms with Gasteiger partial charge in [0.05, 0.1) is 5.41 Å². The summed E-state index contributed by atoms with van der Waals surface area (Å²) in [6, 6.07) is 0.421. The van der Waals surface area contributed by atoms with Gasteiger partial charge in [-0.15, -0.1) is 0 Å². The van der Waals surface area contributed by atoms with Gasteiger partial charge in [0.15, 0.2) is 0 Å². The van der Waals surface area contributed by atoms with E-state index >= 15 is 0 Å². The van der Waals surface area contributed by atoms with Gasteiger partial charge in [0.2, 0.25) is 5.91 Å². The van der Waals surface area contributed by atoms with Crippen LogP contribution >= 0.6 is 0 Å². The maximum absolute atomic E-state index is 12.5. The molecule has 100 valence electrons. The molecule has 0 spiro atoms. The lowest BCUT2D eigenvalue weighted by Crippen LogP contribution is -2.60. The Kier molecular flexibility index (Phi) is 3.89. The second kappa shape index (κ2) is 4.58. The molecule has 1 atom stereocenters. The summed E-state index contributed by atoms with van der Waals surface area (Å²) in [6.07, 6.45) is 0. The summed E-state index contributed by atoms with van der Waals surface area (Å²) >= 11 is 0. The lowest BCUT2D eigenvalue weighted by molar-refractivity contribution is -0.146. The molecule has 4 nitrogen and oxygen atoms in total. The number of nitrogens with two attached hydrogens (primary N) is 1. The number of hydrogen-bond acceptors (Lipinski definition) is 3. The zero-order valence-corrected chi connectivity index (χ0v) is 12.1. The predicted octanol–water partition coefficient (Wildman–Crippen LogP) is 0.912. The summed E-state index contributed by atoms with van der Waals surface area (Å²) in [6.45, 7) is 12.4. The summed E-state index contributed by atoms with van der Waals surface area (Å²) < 4.78 is 0. The fraction of sp³-hybridized carbons (Fsp3) is 0.923. The fourth-order valence-electron chi connectivity index (χ4n) is 1.90. The van der Waals surface area contributed by atoms with E-state index in [1.807, 2.05) is 32.6 Å². The summed E-state index contributed by atoms with van der Waals surface area (Å²) in [5.41, 5.74) is 5.10. The highest BCUT2D eigenvalue weighted by atomic mass is 16.2. The van der Waals surface area contributed by atoms with E-state index in [4.69, 9.17) is 5.73 Å². The lowest BCUT2D eigenvalue weighted by atomic mass is 9.74. The molecule has 1 aliphatic rings. The number of likely N-dealkylation sites (N-methyl/N-ethyl adjacent to an activating group) is 1. The Bertz CT molecular complexity index is 294. The molecule has 17 heavy (non-hydrogen) atoms. The Morgan fingerprint density at radius 3 is 2.18 bits per heavy atom. The van der Waals surface area contributed by atoms with Crippen LogP contribution in [0.4, 0.5) is 0 Å². The quantitative estimate of drug-likeness (QED) is 0.782. The van der Waals surface area contributed by atoms with Crippen LogP contribution in [0.1, 0.15) is 34.6 Å². The van der Waals surface area contributed by atoms with Crippen LogP contribution in [-0.2, 0) is 4.79 Å². The van der Waals surface area contributed by atoms with E-state index in [0.29, 0.717) is 6.04 Å². The smallest absolute Gasteiger partial charge is 0.230 e. The molecule has 0 saturated carbocycles. The second-order valence-corrected chi connectivity index (χ2v) is 6.43. The first-order chi connectivity index (χ1) is 7.57. The molecule has 1 heterocycles. The molecular formula is C13H27N3O. The van der Waals surface area contributed by atoms with E-state index in [1.54, 1.807) is 0 Å². The van der Waals surface area contributed by atoms with E-state index in [0.717, 1.165) is 19.6 Å². The number of carbonyl (C=O) groups is 1. The minimum Gasteiger partial charge on any atom is -0.339 e. The first kappa shape index (κ1) is 14.5. The Balaban J connectivity index is 2.78. The van der Waals surface area contributed by atoms with Gasteiger partial charge >= 0.3 is 0 Å². The number of amides is 1. The summed E-state index contributed by atoms with van der Waals surface area (Å²) in [4.78, 5) is 16.8. The van der Waals surface area contributed by atoms with Crippen molar-refractivity contribution in [2.75, 3.05) is 26.7 Å². The largest absolute Gasteiger partial charge is 0.339 e. The van der Waals surface area contributed by atoms with Crippen LogP contribution < -0.4 is 5.73 Å². The molecule has 1 aliphatic heterocycles. The van der Waals surface area contributed by atoms with Crippen LogP contribution in [0.25, 0.3) is 0 Å². The molecule has 1 fully saturated rings. The predicted molar refractivity (Wildman–Crippen MR) is 70.7 cm³/mol. The molecule has 4 heteroatoms. The maximum atomic E-state index is 12.5. The number of piperazine rings is 1. The molecule has 0 aromatic heterocycles. The van der Waals surface area contributed by atoms with Gasteiger partial charge in [0.1, 0.15) is 0 Å². The van der Waals surface area contributed by atoms with Gasteiger partial charge in [-0.3, -0.25) is 4.79 Å². The first-order valence-electron chi connectivity index (χ1n) is 6.36. The van der Waals surface area contributed by atoms with E-state index < -0.39 is 11.0 Å². The Morgan fingerprint density at radius 2 is 1.76 bits per heavy atom. The third-order valence-electron chi connectivity index (χ3n) is 4.39. The van der Waals surface area contributed by atoms with Crippen LogP contribution in [0, 0.1) is 5.41 Å². The van der Waals surface area contributed by atoms with Gasteiger partial charge in [-0.1, -0.05) is 0 Å². The molecule has 0 aliphatic carbocycles. The van der Waals surface area contributed by atoms with Gasteiger partial charge in [-0.05, 0) is 41.7 Å². The second-order valence-electron chi connectivity index (χ2n) is 6.43. The average Bonchev–Trinajstić information content (AvgIpc) is 2.19. The maximum Gasteiger partial charge on any atom is 0.230 e. The molecule has 1 saturated heterocycles. The van der Waals surface area contributed by atoms with Crippen molar-refractivity contribution in [3.05, 3.63) is 0 Å². The number of rotatable bonds is 2. The average molecular weight is 241 g/mol. The molecular weight excluding hydrogens is 214 g/mol. The summed E-state index contributed by atoms with van der Waals surface area (Å²) in [5, 5.41) is 0. The van der Waals surface area contributed by atoms with Crippen molar-refractivity contribution < 1.29 is 4.79 Å². The number of nitrogens with zero attached hydrogens (tertiary/aromatic N) is 2. The van der Waals surface area contributed by atoms with Crippen LogP contribution in [-0.4, -0.2) is 54.0 Å². The molecule has 1 unspecified atom stereocenters. The highest BCUT2D eigenvalue weighted by Crippen LogP contribution is 2.31. The molecule has 0 aromatic carbocycles. The number of hydrogen-bond donors (Lipinski definition) is 1. The Morgan fingerprint density at radius 1 is 1.24 bits per heavy atom. The molecule has 0 radical (unpaired) electrons. The minimum atomic E-state index is -0.525. The van der Waals surface area contributed by atoms with Crippen LogP contribution in [0.15, 0.2) is 0 Å². The SMILES string of the molecule is CC1CN(C(=O)C(C)(C)C(C)(C)N)CCN1C. The van der Waals surface area contributed by atoms with Crippen molar-refractivity contribution >= 4 is 5.91 Å². The summed E-state index contributed by atoms with van der Waals surface area (Å²) in [5.74, 6) is 0.171. The van der Waals surface area contributed by atoms with Crippen LogP contribution in [0.2, 0.25) is 0 Å². The van der Waals surface area contributed by atoms with Crippen molar-refractivity contribution in [2.45, 2.75) is 46.2 Å². The zero-order valence-electron chi connectivity index (χ0n) is 12.1. The van der Waals surface area contributed by atoms with Crippen molar-refractivity contribution in [3.8, 4) is 0 Å². The van der Waals surface area contributed by atoms with Gasteiger partial charge in [0, 0.05) is 31.2 Å². The van der Waals surface area contributed by atoms with Crippen molar-refractivity contribution in [3.63, 3.8) is 0 Å². The van der Waals surface area contributed by atoms with Crippen molar-refractivity contribution in [1.29, 1.82) is 0 Å².